The Bertz CT molecular complexity index is 1250. The molecule has 0 aliphatic carbocycles. The molecule has 0 saturated heterocycles. The van der Waals surface area contributed by atoms with Gasteiger partial charge in [0.05, 0.1) is 12.1 Å². The van der Waals surface area contributed by atoms with Crippen LogP contribution in [0.3, 0.4) is 0 Å². The number of amides is 1. The number of carbonyl (C=O) groups excluding carboxylic acids is 1. The zero-order valence-corrected chi connectivity index (χ0v) is 18.7. The highest BCUT2D eigenvalue weighted by Crippen LogP contribution is 2.46. The Morgan fingerprint density at radius 1 is 1.03 bits per heavy atom. The molecule has 0 fully saturated rings. The molecule has 0 bridgehead atoms. The van der Waals surface area contributed by atoms with Gasteiger partial charge in [0.1, 0.15) is 17.9 Å². The number of nitrogens with zero attached hydrogens (tertiary/aromatic N) is 4. The number of nitrogens with one attached hydrogen (secondary N) is 1. The summed E-state index contributed by atoms with van der Waals surface area (Å²) in [5.41, 5.74) is 0.521. The summed E-state index contributed by atoms with van der Waals surface area (Å²) in [6, 6.07) is 6.86. The Morgan fingerprint density at radius 2 is 1.75 bits per heavy atom. The highest BCUT2D eigenvalue weighted by atomic mass is 19.4. The van der Waals surface area contributed by atoms with Gasteiger partial charge in [0.15, 0.2) is 5.82 Å². The van der Waals surface area contributed by atoms with Crippen LogP contribution in [0.5, 0.6) is 11.6 Å². The van der Waals surface area contributed by atoms with Crippen molar-refractivity contribution in [3.63, 3.8) is 0 Å². The monoisotopic (exact) mass is 517 g/mol. The summed E-state index contributed by atoms with van der Waals surface area (Å²) in [5, 5.41) is 1.41. The number of aryl methyl sites for hydroxylation is 2. The summed E-state index contributed by atoms with van der Waals surface area (Å²) >= 11 is 0. The van der Waals surface area contributed by atoms with Crippen LogP contribution in [-0.4, -0.2) is 50.4 Å². The van der Waals surface area contributed by atoms with Gasteiger partial charge in [-0.05, 0) is 36.8 Å². The van der Waals surface area contributed by atoms with Crippen molar-refractivity contribution in [3.05, 3.63) is 59.8 Å². The predicted molar refractivity (Wildman–Crippen MR) is 112 cm³/mol. The smallest absolute Gasteiger partial charge is 0.438 e. The molecule has 7 nitrogen and oxygen atoms in total. The fraction of sp³-hybridized carbons (Fsp3) is 0.318. The first-order valence-corrected chi connectivity index (χ1v) is 10.3. The first-order valence-electron chi connectivity index (χ1n) is 10.3. The van der Waals surface area contributed by atoms with E-state index >= 15 is 0 Å². The van der Waals surface area contributed by atoms with Crippen molar-refractivity contribution in [2.75, 3.05) is 6.54 Å². The van der Waals surface area contributed by atoms with E-state index in [1.165, 1.54) is 23.9 Å². The fourth-order valence-corrected chi connectivity index (χ4v) is 2.84. The van der Waals surface area contributed by atoms with Crippen LogP contribution in [0.1, 0.15) is 28.7 Å². The largest absolute Gasteiger partial charge is 0.459 e. The third kappa shape index (κ3) is 5.52. The zero-order chi connectivity index (χ0) is 26.7. The Hall–Kier alpha value is -3.84. The van der Waals surface area contributed by atoms with Crippen LogP contribution in [0.4, 0.5) is 30.7 Å². The van der Waals surface area contributed by atoms with Crippen molar-refractivity contribution in [2.45, 2.75) is 38.3 Å². The first-order chi connectivity index (χ1) is 16.8. The van der Waals surface area contributed by atoms with Gasteiger partial charge >= 0.3 is 18.0 Å². The van der Waals surface area contributed by atoms with E-state index in [-0.39, 0.29) is 23.0 Å². The van der Waals surface area contributed by atoms with Gasteiger partial charge in [-0.25, -0.2) is 19.9 Å². The highest BCUT2D eigenvalue weighted by Gasteiger charge is 2.72. The number of alkyl halides is 7. The van der Waals surface area contributed by atoms with Crippen LogP contribution in [0.15, 0.2) is 42.9 Å². The lowest BCUT2D eigenvalue weighted by Gasteiger charge is -2.28. The second kappa shape index (κ2) is 10.0. The van der Waals surface area contributed by atoms with E-state index < -0.39 is 30.5 Å². The van der Waals surface area contributed by atoms with Crippen molar-refractivity contribution in [2.24, 2.45) is 0 Å². The van der Waals surface area contributed by atoms with E-state index in [1.807, 2.05) is 6.92 Å². The highest BCUT2D eigenvalue weighted by molar-refractivity contribution is 5.94. The lowest BCUT2D eigenvalue weighted by atomic mass is 10.1. The van der Waals surface area contributed by atoms with Gasteiger partial charge < -0.3 is 10.1 Å². The summed E-state index contributed by atoms with van der Waals surface area (Å²) in [7, 11) is 0. The van der Waals surface area contributed by atoms with Crippen LogP contribution in [0, 0.1) is 6.92 Å². The summed E-state index contributed by atoms with van der Waals surface area (Å²) in [4.78, 5) is 28.8. The maximum absolute atomic E-state index is 13.5. The quantitative estimate of drug-likeness (QED) is 0.416. The first kappa shape index (κ1) is 26.8. The van der Waals surface area contributed by atoms with Crippen molar-refractivity contribution in [1.29, 1.82) is 0 Å². The predicted octanol–water partition coefficient (Wildman–Crippen LogP) is 5.16. The number of benzene rings is 1. The molecule has 0 aliphatic heterocycles. The number of aromatic nitrogens is 4. The molecule has 192 valence electrons. The normalized spacial score (nSPS) is 12.4. The molecule has 2 aromatic heterocycles. The number of hydrogen-bond donors (Lipinski definition) is 1. The van der Waals surface area contributed by atoms with E-state index in [1.54, 1.807) is 19.1 Å². The van der Waals surface area contributed by atoms with Crippen LogP contribution in [-0.2, 0) is 6.42 Å². The van der Waals surface area contributed by atoms with E-state index in [0.29, 0.717) is 23.4 Å². The van der Waals surface area contributed by atoms with Gasteiger partial charge in [-0.2, -0.15) is 30.7 Å². The Labute approximate surface area is 199 Å². The number of halogens is 7. The van der Waals surface area contributed by atoms with Gasteiger partial charge in [0.25, 0.3) is 5.91 Å². The minimum atomic E-state index is -6.50. The molecule has 2 heterocycles. The van der Waals surface area contributed by atoms with Crippen molar-refractivity contribution in [1.82, 2.24) is 25.3 Å². The SMILES string of the molecule is CCc1ncnc(-c2cccnc2Oc2cc(C(=O)NCC(F)(F)C(F)(F)C(F)(F)F)ccc2C)n1. The summed E-state index contributed by atoms with van der Waals surface area (Å²) < 4.78 is 95.9. The average Bonchev–Trinajstić information content (AvgIpc) is 2.83. The van der Waals surface area contributed by atoms with Crippen LogP contribution < -0.4 is 10.1 Å². The molecule has 0 radical (unpaired) electrons. The van der Waals surface area contributed by atoms with Gasteiger partial charge in [-0.1, -0.05) is 13.0 Å². The molecule has 1 N–H and O–H groups in total. The molecule has 1 amide bonds. The fourth-order valence-electron chi connectivity index (χ4n) is 2.84. The molecule has 0 unspecified atom stereocenters. The molecule has 0 atom stereocenters. The molecule has 3 aromatic rings. The molecule has 0 aliphatic rings. The number of pyridine rings is 1. The Morgan fingerprint density at radius 3 is 2.42 bits per heavy atom. The number of hydrogen-bond acceptors (Lipinski definition) is 6. The summed E-state index contributed by atoms with van der Waals surface area (Å²) in [5.74, 6) is -12.4. The van der Waals surface area contributed by atoms with Crippen LogP contribution >= 0.6 is 0 Å². The lowest BCUT2D eigenvalue weighted by molar-refractivity contribution is -0.352. The van der Waals surface area contributed by atoms with Gasteiger partial charge in [0, 0.05) is 18.2 Å². The topological polar surface area (TPSA) is 89.9 Å². The van der Waals surface area contributed by atoms with Gasteiger partial charge in [-0.15, -0.1) is 0 Å². The van der Waals surface area contributed by atoms with Crippen LogP contribution in [0.25, 0.3) is 11.4 Å². The van der Waals surface area contributed by atoms with Crippen molar-refractivity contribution < 1.29 is 40.3 Å². The Balaban J connectivity index is 1.83. The number of ether oxygens (including phenoxy) is 1. The zero-order valence-electron chi connectivity index (χ0n) is 18.7. The minimum Gasteiger partial charge on any atom is -0.438 e. The third-order valence-corrected chi connectivity index (χ3v) is 4.89. The van der Waals surface area contributed by atoms with E-state index in [2.05, 4.69) is 19.9 Å². The molecule has 36 heavy (non-hydrogen) atoms. The second-order valence-corrected chi connectivity index (χ2v) is 7.48. The number of carbonyl (C=O) groups is 1. The lowest BCUT2D eigenvalue weighted by Crippen LogP contribution is -2.56. The standard InChI is InChI=1S/C22H18F7N5O2/c1-3-16-32-11-33-17(34-16)14-5-4-8-30-19(14)36-15-9-13(7-6-12(15)2)18(35)31-10-20(23,24)21(25,26)22(27,28)29/h4-9,11H,3,10H2,1-2H3,(H,31,35). The Kier molecular flexibility index (Phi) is 7.46. The summed E-state index contributed by atoms with van der Waals surface area (Å²) in [6.45, 7) is 1.20. The molecule has 0 saturated carbocycles. The van der Waals surface area contributed by atoms with Gasteiger partial charge in [-0.3, -0.25) is 4.79 Å². The molecule has 14 heteroatoms. The molecule has 1 aromatic carbocycles. The van der Waals surface area contributed by atoms with E-state index in [4.69, 9.17) is 4.74 Å². The maximum Gasteiger partial charge on any atom is 0.459 e. The van der Waals surface area contributed by atoms with Gasteiger partial charge in [0.2, 0.25) is 5.88 Å². The van der Waals surface area contributed by atoms with Crippen molar-refractivity contribution >= 4 is 5.91 Å². The maximum atomic E-state index is 13.5. The second-order valence-electron chi connectivity index (χ2n) is 7.48. The van der Waals surface area contributed by atoms with E-state index in [9.17, 15) is 35.5 Å². The minimum absolute atomic E-state index is 0.0303. The van der Waals surface area contributed by atoms with Crippen molar-refractivity contribution in [3.8, 4) is 23.0 Å². The molecular formula is C22H18F7N5O2. The molecule has 3 rings (SSSR count). The third-order valence-electron chi connectivity index (χ3n) is 4.89. The average molecular weight is 517 g/mol. The van der Waals surface area contributed by atoms with Crippen LogP contribution in [0.2, 0.25) is 0 Å². The summed E-state index contributed by atoms with van der Waals surface area (Å²) in [6.07, 6.45) is -3.24. The van der Waals surface area contributed by atoms with E-state index in [0.717, 1.165) is 12.1 Å². The molecule has 0 spiro atoms. The number of rotatable bonds is 8. The molecular weight excluding hydrogens is 499 g/mol.